The molecule has 0 aromatic heterocycles. The van der Waals surface area contributed by atoms with Crippen molar-refractivity contribution < 1.29 is 5.11 Å². The van der Waals surface area contributed by atoms with E-state index in [2.05, 4.69) is 0 Å². The Morgan fingerprint density at radius 2 is 1.91 bits per heavy atom. The second-order valence-electron chi connectivity index (χ2n) is 3.01. The van der Waals surface area contributed by atoms with E-state index in [4.69, 9.17) is 11.6 Å². The lowest BCUT2D eigenvalue weighted by Crippen LogP contribution is -2.21. The molecule has 0 spiro atoms. The lowest BCUT2D eigenvalue weighted by Gasteiger charge is -2.19. The van der Waals surface area contributed by atoms with Crippen molar-refractivity contribution in [1.29, 1.82) is 0 Å². The summed E-state index contributed by atoms with van der Waals surface area (Å²) < 4.78 is 0. The summed E-state index contributed by atoms with van der Waals surface area (Å²) in [4.78, 5) is 0. The summed E-state index contributed by atoms with van der Waals surface area (Å²) >= 11 is 5.78. The number of rotatable bonds is 2. The van der Waals surface area contributed by atoms with Gasteiger partial charge in [-0.05, 0) is 33.3 Å². The fourth-order valence-corrected chi connectivity index (χ4v) is 1.20. The van der Waals surface area contributed by atoms with Crippen LogP contribution in [0.5, 0.6) is 0 Å². The molecule has 0 aromatic carbocycles. The topological polar surface area (TPSA) is 20.2 Å². The van der Waals surface area contributed by atoms with E-state index in [9.17, 15) is 5.11 Å². The molecular weight excluding hydrogens is 160 g/mol. The molecule has 0 aliphatic rings. The standard InChI is InChI=1S/C9H15ClO/c1-5-6-8(7(2)10)9(3,4)11/h5-6,11H,1-4H3/b6-5+,8-7-. The van der Waals surface area contributed by atoms with E-state index in [1.807, 2.05) is 19.1 Å². The van der Waals surface area contributed by atoms with Gasteiger partial charge in [-0.15, -0.1) is 0 Å². The third kappa shape index (κ3) is 3.59. The Labute approximate surface area is 73.4 Å². The highest BCUT2D eigenvalue weighted by Gasteiger charge is 2.18. The summed E-state index contributed by atoms with van der Waals surface area (Å²) in [6.07, 6.45) is 3.68. The number of hydrogen-bond donors (Lipinski definition) is 1. The Balaban J connectivity index is 4.79. The van der Waals surface area contributed by atoms with Crippen molar-refractivity contribution in [2.75, 3.05) is 0 Å². The summed E-state index contributed by atoms with van der Waals surface area (Å²) in [5.41, 5.74) is -0.0834. The van der Waals surface area contributed by atoms with Crippen molar-refractivity contribution >= 4 is 11.6 Å². The maximum atomic E-state index is 9.59. The normalized spacial score (nSPS) is 15.5. The molecule has 0 fully saturated rings. The minimum absolute atomic E-state index is 0.635. The van der Waals surface area contributed by atoms with Crippen LogP contribution < -0.4 is 0 Å². The minimum atomic E-state index is -0.849. The third-order valence-corrected chi connectivity index (χ3v) is 1.57. The van der Waals surface area contributed by atoms with Crippen LogP contribution in [0.25, 0.3) is 0 Å². The average molecular weight is 175 g/mol. The smallest absolute Gasteiger partial charge is 0.0851 e. The number of allylic oxidation sites excluding steroid dienone is 2. The summed E-state index contributed by atoms with van der Waals surface area (Å²) in [5, 5.41) is 10.2. The lowest BCUT2D eigenvalue weighted by atomic mass is 9.97. The summed E-state index contributed by atoms with van der Waals surface area (Å²) in [6, 6.07) is 0. The zero-order valence-corrected chi connectivity index (χ0v) is 8.24. The van der Waals surface area contributed by atoms with Gasteiger partial charge in [0.25, 0.3) is 0 Å². The van der Waals surface area contributed by atoms with Crippen LogP contribution in [0.1, 0.15) is 27.7 Å². The van der Waals surface area contributed by atoms with Crippen LogP contribution in [-0.2, 0) is 0 Å². The zero-order valence-electron chi connectivity index (χ0n) is 7.48. The van der Waals surface area contributed by atoms with Crippen molar-refractivity contribution in [2.24, 2.45) is 0 Å². The van der Waals surface area contributed by atoms with Crippen LogP contribution in [0.15, 0.2) is 22.8 Å². The molecule has 64 valence electrons. The second-order valence-corrected chi connectivity index (χ2v) is 3.57. The first-order valence-corrected chi connectivity index (χ1v) is 3.99. The van der Waals surface area contributed by atoms with Crippen LogP contribution in [0.3, 0.4) is 0 Å². The Morgan fingerprint density at radius 1 is 1.45 bits per heavy atom. The second kappa shape index (κ2) is 3.93. The fourth-order valence-electron chi connectivity index (χ4n) is 0.907. The van der Waals surface area contributed by atoms with Gasteiger partial charge in [0, 0.05) is 5.03 Å². The van der Waals surface area contributed by atoms with E-state index < -0.39 is 5.60 Å². The quantitative estimate of drug-likeness (QED) is 0.639. The van der Waals surface area contributed by atoms with Crippen LogP contribution in [0, 0.1) is 0 Å². The molecule has 0 saturated heterocycles. The molecule has 1 nitrogen and oxygen atoms in total. The molecule has 0 aliphatic heterocycles. The number of aliphatic hydroxyl groups is 1. The molecule has 2 heteroatoms. The summed E-state index contributed by atoms with van der Waals surface area (Å²) in [6.45, 7) is 7.10. The Kier molecular flexibility index (Phi) is 3.84. The molecule has 0 amide bonds. The van der Waals surface area contributed by atoms with Crippen LogP contribution in [-0.4, -0.2) is 10.7 Å². The first kappa shape index (κ1) is 10.7. The molecule has 0 atom stereocenters. The predicted molar refractivity (Wildman–Crippen MR) is 49.7 cm³/mol. The molecule has 0 rings (SSSR count). The van der Waals surface area contributed by atoms with Crippen molar-refractivity contribution in [1.82, 2.24) is 0 Å². The van der Waals surface area contributed by atoms with E-state index in [-0.39, 0.29) is 0 Å². The number of hydrogen-bond acceptors (Lipinski definition) is 1. The van der Waals surface area contributed by atoms with E-state index in [1.165, 1.54) is 0 Å². The van der Waals surface area contributed by atoms with Gasteiger partial charge in [-0.1, -0.05) is 23.8 Å². The van der Waals surface area contributed by atoms with Crippen LogP contribution in [0.4, 0.5) is 0 Å². The van der Waals surface area contributed by atoms with Crippen molar-refractivity contribution in [2.45, 2.75) is 33.3 Å². The van der Waals surface area contributed by atoms with Gasteiger partial charge in [0.15, 0.2) is 0 Å². The highest BCUT2D eigenvalue weighted by Crippen LogP contribution is 2.22. The summed E-state index contributed by atoms with van der Waals surface area (Å²) in [5.74, 6) is 0. The molecular formula is C9H15ClO. The van der Waals surface area contributed by atoms with Crippen molar-refractivity contribution in [3.05, 3.63) is 22.8 Å². The van der Waals surface area contributed by atoms with Gasteiger partial charge in [-0.3, -0.25) is 0 Å². The molecule has 11 heavy (non-hydrogen) atoms. The minimum Gasteiger partial charge on any atom is -0.386 e. The Morgan fingerprint density at radius 3 is 2.00 bits per heavy atom. The molecule has 0 aliphatic carbocycles. The predicted octanol–water partition coefficient (Wildman–Crippen LogP) is 2.85. The van der Waals surface area contributed by atoms with Gasteiger partial charge in [0.1, 0.15) is 0 Å². The highest BCUT2D eigenvalue weighted by atomic mass is 35.5. The van der Waals surface area contributed by atoms with Gasteiger partial charge < -0.3 is 5.11 Å². The molecule has 0 radical (unpaired) electrons. The maximum absolute atomic E-state index is 9.59. The monoisotopic (exact) mass is 174 g/mol. The van der Waals surface area contributed by atoms with E-state index in [1.54, 1.807) is 20.8 Å². The first-order chi connectivity index (χ1) is 4.89. The SMILES string of the molecule is C/C=C/C(=C(\C)Cl)C(C)(C)O. The molecule has 0 heterocycles. The van der Waals surface area contributed by atoms with E-state index in [0.29, 0.717) is 5.03 Å². The zero-order chi connectivity index (χ0) is 9.07. The van der Waals surface area contributed by atoms with E-state index in [0.717, 1.165) is 5.57 Å². The molecule has 0 aromatic rings. The van der Waals surface area contributed by atoms with E-state index >= 15 is 0 Å². The third-order valence-electron chi connectivity index (χ3n) is 1.36. The molecule has 1 N–H and O–H groups in total. The molecule has 0 saturated carbocycles. The number of halogens is 1. The van der Waals surface area contributed by atoms with Gasteiger partial charge in [-0.25, -0.2) is 0 Å². The van der Waals surface area contributed by atoms with Crippen LogP contribution in [0.2, 0.25) is 0 Å². The van der Waals surface area contributed by atoms with Gasteiger partial charge in [0.05, 0.1) is 5.60 Å². The van der Waals surface area contributed by atoms with Crippen LogP contribution >= 0.6 is 11.6 Å². The maximum Gasteiger partial charge on any atom is 0.0851 e. The first-order valence-electron chi connectivity index (χ1n) is 3.61. The average Bonchev–Trinajstić information content (AvgIpc) is 1.79. The molecule has 0 bridgehead atoms. The van der Waals surface area contributed by atoms with Gasteiger partial charge in [-0.2, -0.15) is 0 Å². The molecule has 0 unspecified atom stereocenters. The highest BCUT2D eigenvalue weighted by molar-refractivity contribution is 6.29. The Bertz CT molecular complexity index is 180. The van der Waals surface area contributed by atoms with Crippen molar-refractivity contribution in [3.8, 4) is 0 Å². The summed E-state index contributed by atoms with van der Waals surface area (Å²) in [7, 11) is 0. The lowest BCUT2D eigenvalue weighted by molar-refractivity contribution is 0.123. The largest absolute Gasteiger partial charge is 0.386 e. The van der Waals surface area contributed by atoms with Gasteiger partial charge in [0.2, 0.25) is 0 Å². The fraction of sp³-hybridized carbons (Fsp3) is 0.556. The Hall–Kier alpha value is -0.270. The van der Waals surface area contributed by atoms with Gasteiger partial charge >= 0.3 is 0 Å². The van der Waals surface area contributed by atoms with Crippen molar-refractivity contribution in [3.63, 3.8) is 0 Å².